The molecule has 3 rings (SSSR count). The van der Waals surface area contributed by atoms with Gasteiger partial charge in [0.25, 0.3) is 5.91 Å². The Balaban J connectivity index is 1.96. The number of aliphatic carboxylic acids is 1. The van der Waals surface area contributed by atoms with Crippen molar-refractivity contribution in [1.29, 1.82) is 0 Å². The summed E-state index contributed by atoms with van der Waals surface area (Å²) < 4.78 is 35.4. The normalized spacial score (nSPS) is 13.2. The fourth-order valence-corrected chi connectivity index (χ4v) is 3.21. The molecule has 7 nitrogen and oxygen atoms in total. The zero-order chi connectivity index (χ0) is 21.8. The smallest absolute Gasteiger partial charge is 0.387 e. The molecule has 0 bridgehead atoms. The average molecular weight is 461 g/mol. The van der Waals surface area contributed by atoms with E-state index in [4.69, 9.17) is 27.9 Å². The van der Waals surface area contributed by atoms with Crippen LogP contribution in [0.1, 0.15) is 23.2 Å². The number of amides is 1. The van der Waals surface area contributed by atoms with Crippen LogP contribution >= 0.6 is 23.2 Å². The van der Waals surface area contributed by atoms with Gasteiger partial charge in [0, 0.05) is 18.0 Å². The van der Waals surface area contributed by atoms with E-state index in [1.54, 1.807) is 0 Å². The molecule has 1 aliphatic rings. The van der Waals surface area contributed by atoms with E-state index in [0.717, 1.165) is 23.8 Å². The number of anilines is 1. The first kappa shape index (κ1) is 22.0. The van der Waals surface area contributed by atoms with Crippen molar-refractivity contribution in [2.75, 3.05) is 18.1 Å². The van der Waals surface area contributed by atoms with E-state index >= 15 is 0 Å². The lowest BCUT2D eigenvalue weighted by molar-refractivity contribution is -0.135. The fourth-order valence-electron chi connectivity index (χ4n) is 2.65. The van der Waals surface area contributed by atoms with Crippen molar-refractivity contribution in [2.24, 2.45) is 5.92 Å². The molecule has 0 unspecified atom stereocenters. The molecule has 1 amide bonds. The van der Waals surface area contributed by atoms with Gasteiger partial charge in [-0.15, -0.1) is 0 Å². The number of carboxylic acids is 1. The second-order valence-corrected chi connectivity index (χ2v) is 7.35. The van der Waals surface area contributed by atoms with Crippen LogP contribution in [0.3, 0.4) is 0 Å². The van der Waals surface area contributed by atoms with Gasteiger partial charge >= 0.3 is 12.6 Å². The van der Waals surface area contributed by atoms with Gasteiger partial charge in [-0.3, -0.25) is 19.5 Å². The van der Waals surface area contributed by atoms with E-state index < -0.39 is 25.0 Å². The predicted octanol–water partition coefficient (Wildman–Crippen LogP) is 4.51. The van der Waals surface area contributed by atoms with Crippen molar-refractivity contribution >= 4 is 40.8 Å². The van der Waals surface area contributed by atoms with Crippen LogP contribution in [0.5, 0.6) is 11.5 Å². The third-order valence-electron chi connectivity index (χ3n) is 4.21. The van der Waals surface area contributed by atoms with E-state index in [1.807, 2.05) is 0 Å². The van der Waals surface area contributed by atoms with Gasteiger partial charge in [0.1, 0.15) is 6.54 Å². The maximum Gasteiger partial charge on any atom is 0.387 e. The first-order valence-corrected chi connectivity index (χ1v) is 9.56. The molecule has 0 spiro atoms. The van der Waals surface area contributed by atoms with Gasteiger partial charge in [-0.2, -0.15) is 8.78 Å². The van der Waals surface area contributed by atoms with Gasteiger partial charge in [0.05, 0.1) is 22.3 Å². The highest BCUT2D eigenvalue weighted by atomic mass is 35.5. The number of alkyl halides is 2. The summed E-state index contributed by atoms with van der Waals surface area (Å²) in [4.78, 5) is 29.1. The highest BCUT2D eigenvalue weighted by Crippen LogP contribution is 2.36. The Kier molecular flexibility index (Phi) is 6.94. The molecule has 1 heterocycles. The van der Waals surface area contributed by atoms with E-state index in [1.165, 1.54) is 24.5 Å². The molecule has 0 radical (unpaired) electrons. The monoisotopic (exact) mass is 460 g/mol. The number of pyridine rings is 1. The van der Waals surface area contributed by atoms with Crippen LogP contribution in [0.15, 0.2) is 30.6 Å². The first-order chi connectivity index (χ1) is 14.3. The van der Waals surface area contributed by atoms with E-state index in [-0.39, 0.29) is 39.4 Å². The van der Waals surface area contributed by atoms with Crippen LogP contribution in [0.4, 0.5) is 14.5 Å². The van der Waals surface area contributed by atoms with Crippen molar-refractivity contribution in [2.45, 2.75) is 19.5 Å². The SMILES string of the molecule is O=C(O)CN(C(=O)c1ccc(OC(F)F)c(OCC2CC2)c1)c1c(Cl)cncc1Cl. The zero-order valence-electron chi connectivity index (χ0n) is 15.4. The quantitative estimate of drug-likeness (QED) is 0.591. The molecule has 0 saturated heterocycles. The van der Waals surface area contributed by atoms with Crippen molar-refractivity contribution in [3.63, 3.8) is 0 Å². The third-order valence-corrected chi connectivity index (χ3v) is 4.77. The predicted molar refractivity (Wildman–Crippen MR) is 105 cm³/mol. The minimum Gasteiger partial charge on any atom is -0.489 e. The lowest BCUT2D eigenvalue weighted by Gasteiger charge is -2.23. The van der Waals surface area contributed by atoms with Gasteiger partial charge in [-0.25, -0.2) is 0 Å². The molecule has 30 heavy (non-hydrogen) atoms. The van der Waals surface area contributed by atoms with Gasteiger partial charge in [0.15, 0.2) is 11.5 Å². The summed E-state index contributed by atoms with van der Waals surface area (Å²) in [6.07, 6.45) is 4.37. The van der Waals surface area contributed by atoms with Crippen molar-refractivity contribution in [3.05, 3.63) is 46.2 Å². The summed E-state index contributed by atoms with van der Waals surface area (Å²) >= 11 is 12.2. The number of aromatic nitrogens is 1. The molecular weight excluding hydrogens is 445 g/mol. The number of nitrogens with zero attached hydrogens (tertiary/aromatic N) is 2. The summed E-state index contributed by atoms with van der Waals surface area (Å²) in [6.45, 7) is -3.53. The molecule has 1 aliphatic carbocycles. The van der Waals surface area contributed by atoms with Gasteiger partial charge in [-0.1, -0.05) is 23.2 Å². The van der Waals surface area contributed by atoms with Gasteiger partial charge < -0.3 is 14.6 Å². The third kappa shape index (κ3) is 5.48. The Bertz CT molecular complexity index is 936. The first-order valence-electron chi connectivity index (χ1n) is 8.80. The van der Waals surface area contributed by atoms with Crippen molar-refractivity contribution < 1.29 is 33.0 Å². The number of halogens is 4. The van der Waals surface area contributed by atoms with Crippen LogP contribution in [-0.2, 0) is 4.79 Å². The minimum atomic E-state index is -3.08. The van der Waals surface area contributed by atoms with Crippen LogP contribution in [0.2, 0.25) is 10.0 Å². The molecule has 1 aromatic heterocycles. The van der Waals surface area contributed by atoms with E-state index in [0.29, 0.717) is 5.92 Å². The van der Waals surface area contributed by atoms with E-state index in [9.17, 15) is 23.5 Å². The molecule has 2 aromatic rings. The largest absolute Gasteiger partial charge is 0.489 e. The number of hydrogen-bond acceptors (Lipinski definition) is 5. The average Bonchev–Trinajstić information content (AvgIpc) is 3.49. The number of carbonyl (C=O) groups is 2. The van der Waals surface area contributed by atoms with Crippen LogP contribution in [0.25, 0.3) is 0 Å². The molecule has 0 atom stereocenters. The molecular formula is C19H16Cl2F2N2O5. The highest BCUT2D eigenvalue weighted by molar-refractivity contribution is 6.40. The van der Waals surface area contributed by atoms with Gasteiger partial charge in [0.2, 0.25) is 0 Å². The van der Waals surface area contributed by atoms with Crippen LogP contribution < -0.4 is 14.4 Å². The number of carboxylic acid groups (broad SMARTS) is 1. The standard InChI is InChI=1S/C19H16Cl2F2N2O5/c20-12-6-24-7-13(21)17(12)25(8-16(26)27)18(28)11-3-4-14(30-19(22)23)15(5-11)29-9-10-1-2-10/h3-7,10,19H,1-2,8-9H2,(H,26,27). The molecule has 1 N–H and O–H groups in total. The second-order valence-electron chi connectivity index (χ2n) is 6.53. The Morgan fingerprint density at radius 2 is 1.87 bits per heavy atom. The molecule has 1 aromatic carbocycles. The number of hydrogen-bond donors (Lipinski definition) is 1. The second kappa shape index (κ2) is 9.44. The summed E-state index contributed by atoms with van der Waals surface area (Å²) in [5, 5.41) is 9.19. The minimum absolute atomic E-state index is 0.0207. The highest BCUT2D eigenvalue weighted by Gasteiger charge is 2.27. The van der Waals surface area contributed by atoms with Crippen molar-refractivity contribution in [3.8, 4) is 11.5 Å². The molecule has 1 fully saturated rings. The Labute approximate surface area is 180 Å². The number of rotatable bonds is 9. The Hall–Kier alpha value is -2.65. The summed E-state index contributed by atoms with van der Waals surface area (Å²) in [6, 6.07) is 3.61. The maximum absolute atomic E-state index is 13.1. The fraction of sp³-hybridized carbons (Fsp3) is 0.316. The van der Waals surface area contributed by atoms with Gasteiger partial charge in [-0.05, 0) is 37.0 Å². The topological polar surface area (TPSA) is 89.0 Å². The number of ether oxygens (including phenoxy) is 2. The summed E-state index contributed by atoms with van der Waals surface area (Å²) in [5.74, 6) is -2.04. The molecule has 11 heteroatoms. The number of carbonyl (C=O) groups excluding carboxylic acids is 1. The molecule has 160 valence electrons. The summed E-state index contributed by atoms with van der Waals surface area (Å²) in [7, 11) is 0. The van der Waals surface area contributed by atoms with E-state index in [2.05, 4.69) is 9.72 Å². The van der Waals surface area contributed by atoms with Crippen LogP contribution in [-0.4, -0.2) is 41.7 Å². The molecule has 1 saturated carbocycles. The van der Waals surface area contributed by atoms with Crippen LogP contribution in [0, 0.1) is 5.92 Å². The lowest BCUT2D eigenvalue weighted by atomic mass is 10.1. The molecule has 0 aliphatic heterocycles. The number of benzene rings is 1. The summed E-state index contributed by atoms with van der Waals surface area (Å²) in [5.41, 5.74) is -0.0540. The lowest BCUT2D eigenvalue weighted by Crippen LogP contribution is -2.36. The van der Waals surface area contributed by atoms with Crippen molar-refractivity contribution in [1.82, 2.24) is 4.98 Å². The zero-order valence-corrected chi connectivity index (χ0v) is 16.9. The Morgan fingerprint density at radius 3 is 2.43 bits per heavy atom. The maximum atomic E-state index is 13.1. The Morgan fingerprint density at radius 1 is 1.20 bits per heavy atom.